The second-order valence-corrected chi connectivity index (χ2v) is 8.47. The lowest BCUT2D eigenvalue weighted by atomic mass is 9.88. The summed E-state index contributed by atoms with van der Waals surface area (Å²) < 4.78 is 0. The normalized spacial score (nSPS) is 24.5. The molecule has 0 amide bonds. The third-order valence-electron chi connectivity index (χ3n) is 5.67. The average molecular weight is 320 g/mol. The van der Waals surface area contributed by atoms with Crippen molar-refractivity contribution in [1.29, 1.82) is 0 Å². The first-order valence-corrected chi connectivity index (χ1v) is 10.2. The SMILES string of the molecule is C1CCC(CN2CCc3nc(N4CCCCC4)sc3C2)CC1. The van der Waals surface area contributed by atoms with E-state index in [1.54, 1.807) is 4.88 Å². The highest BCUT2D eigenvalue weighted by Gasteiger charge is 2.25. The number of anilines is 1. The van der Waals surface area contributed by atoms with Gasteiger partial charge in [0.1, 0.15) is 0 Å². The fraction of sp³-hybridized carbons (Fsp3) is 0.833. The molecule has 0 bridgehead atoms. The quantitative estimate of drug-likeness (QED) is 0.837. The highest BCUT2D eigenvalue weighted by Crippen LogP contribution is 2.33. The zero-order chi connectivity index (χ0) is 14.8. The van der Waals surface area contributed by atoms with E-state index in [1.165, 1.54) is 94.8 Å². The lowest BCUT2D eigenvalue weighted by Crippen LogP contribution is -2.34. The molecule has 1 aromatic rings. The number of nitrogens with zero attached hydrogens (tertiary/aromatic N) is 3. The first kappa shape index (κ1) is 14.9. The number of piperidine rings is 1. The van der Waals surface area contributed by atoms with Crippen LogP contribution in [-0.4, -0.2) is 36.1 Å². The van der Waals surface area contributed by atoms with Crippen molar-refractivity contribution in [2.24, 2.45) is 5.92 Å². The van der Waals surface area contributed by atoms with Gasteiger partial charge in [0.15, 0.2) is 5.13 Å². The molecule has 4 rings (SSSR count). The molecule has 0 aromatic carbocycles. The van der Waals surface area contributed by atoms with Gasteiger partial charge in [0.2, 0.25) is 0 Å². The Kier molecular flexibility index (Phi) is 4.67. The summed E-state index contributed by atoms with van der Waals surface area (Å²) in [4.78, 5) is 11.8. The van der Waals surface area contributed by atoms with Gasteiger partial charge in [0, 0.05) is 44.0 Å². The minimum atomic E-state index is 0.963. The van der Waals surface area contributed by atoms with Gasteiger partial charge in [-0.15, -0.1) is 11.3 Å². The van der Waals surface area contributed by atoms with Crippen molar-refractivity contribution in [3.63, 3.8) is 0 Å². The van der Waals surface area contributed by atoms with Gasteiger partial charge in [-0.2, -0.15) is 0 Å². The highest BCUT2D eigenvalue weighted by atomic mass is 32.1. The maximum absolute atomic E-state index is 4.97. The van der Waals surface area contributed by atoms with Crippen molar-refractivity contribution in [3.8, 4) is 0 Å². The molecule has 0 radical (unpaired) electrons. The van der Waals surface area contributed by atoms with Crippen LogP contribution in [0.2, 0.25) is 0 Å². The van der Waals surface area contributed by atoms with E-state index in [0.29, 0.717) is 0 Å². The van der Waals surface area contributed by atoms with E-state index < -0.39 is 0 Å². The lowest BCUT2D eigenvalue weighted by Gasteiger charge is -2.31. The van der Waals surface area contributed by atoms with Gasteiger partial charge in [0.25, 0.3) is 0 Å². The summed E-state index contributed by atoms with van der Waals surface area (Å²) in [7, 11) is 0. The van der Waals surface area contributed by atoms with Crippen molar-refractivity contribution >= 4 is 16.5 Å². The summed E-state index contributed by atoms with van der Waals surface area (Å²) >= 11 is 1.98. The number of hydrogen-bond acceptors (Lipinski definition) is 4. The Morgan fingerprint density at radius 2 is 1.73 bits per heavy atom. The van der Waals surface area contributed by atoms with Crippen LogP contribution in [0.1, 0.15) is 61.9 Å². The Bertz CT molecular complexity index is 487. The first-order valence-electron chi connectivity index (χ1n) is 9.34. The number of aromatic nitrogens is 1. The van der Waals surface area contributed by atoms with E-state index in [2.05, 4.69) is 9.80 Å². The van der Waals surface area contributed by atoms with E-state index in [9.17, 15) is 0 Å². The van der Waals surface area contributed by atoms with E-state index in [1.807, 2.05) is 11.3 Å². The maximum Gasteiger partial charge on any atom is 0.185 e. The number of rotatable bonds is 3. The van der Waals surface area contributed by atoms with Crippen LogP contribution >= 0.6 is 11.3 Å². The smallest absolute Gasteiger partial charge is 0.185 e. The monoisotopic (exact) mass is 319 g/mol. The molecule has 1 saturated heterocycles. The van der Waals surface area contributed by atoms with Crippen LogP contribution in [0.25, 0.3) is 0 Å². The summed E-state index contributed by atoms with van der Waals surface area (Å²) in [6, 6.07) is 0. The Morgan fingerprint density at radius 3 is 2.55 bits per heavy atom. The molecule has 3 nitrogen and oxygen atoms in total. The van der Waals surface area contributed by atoms with Crippen LogP contribution in [0, 0.1) is 5.92 Å². The van der Waals surface area contributed by atoms with Gasteiger partial charge in [-0.1, -0.05) is 19.3 Å². The lowest BCUT2D eigenvalue weighted by molar-refractivity contribution is 0.188. The minimum absolute atomic E-state index is 0.963. The second kappa shape index (κ2) is 6.88. The second-order valence-electron chi connectivity index (χ2n) is 7.40. The molecule has 2 aliphatic heterocycles. The summed E-state index contributed by atoms with van der Waals surface area (Å²) in [5, 5.41) is 1.31. The van der Waals surface area contributed by atoms with Crippen molar-refractivity contribution < 1.29 is 0 Å². The zero-order valence-electron chi connectivity index (χ0n) is 13.7. The summed E-state index contributed by atoms with van der Waals surface area (Å²) in [5.41, 5.74) is 1.41. The molecule has 0 atom stereocenters. The van der Waals surface area contributed by atoms with Gasteiger partial charge in [-0.05, 0) is 38.0 Å². The molecule has 1 saturated carbocycles. The number of fused-ring (bicyclic) bond motifs is 1. The maximum atomic E-state index is 4.97. The van der Waals surface area contributed by atoms with Gasteiger partial charge in [-0.3, -0.25) is 4.90 Å². The third kappa shape index (κ3) is 3.33. The van der Waals surface area contributed by atoms with Crippen molar-refractivity contribution in [3.05, 3.63) is 10.6 Å². The number of hydrogen-bond donors (Lipinski definition) is 0. The summed E-state index contributed by atoms with van der Waals surface area (Å²) in [6.07, 6.45) is 12.6. The molecular weight excluding hydrogens is 290 g/mol. The van der Waals surface area contributed by atoms with E-state index in [-0.39, 0.29) is 0 Å². The molecule has 0 spiro atoms. The Labute approximate surface area is 138 Å². The van der Waals surface area contributed by atoms with E-state index in [0.717, 1.165) is 12.5 Å². The molecule has 122 valence electrons. The van der Waals surface area contributed by atoms with Crippen LogP contribution in [0.5, 0.6) is 0 Å². The molecule has 3 aliphatic rings. The van der Waals surface area contributed by atoms with Gasteiger partial charge >= 0.3 is 0 Å². The molecular formula is C18H29N3S. The van der Waals surface area contributed by atoms with Crippen molar-refractivity contribution in [2.75, 3.05) is 31.1 Å². The standard InChI is InChI=1S/C18H29N3S/c1-3-7-15(8-4-1)13-20-12-9-16-17(14-20)22-18(19-16)21-10-5-2-6-11-21/h15H,1-14H2. The van der Waals surface area contributed by atoms with Crippen LogP contribution in [-0.2, 0) is 13.0 Å². The summed E-state index contributed by atoms with van der Waals surface area (Å²) in [6.45, 7) is 6.16. The van der Waals surface area contributed by atoms with Crippen LogP contribution in [0.3, 0.4) is 0 Å². The Balaban J connectivity index is 1.38. The van der Waals surface area contributed by atoms with E-state index in [4.69, 9.17) is 4.98 Å². The van der Waals surface area contributed by atoms with Gasteiger partial charge < -0.3 is 4.90 Å². The van der Waals surface area contributed by atoms with Crippen molar-refractivity contribution in [1.82, 2.24) is 9.88 Å². The van der Waals surface area contributed by atoms with Crippen molar-refractivity contribution in [2.45, 2.75) is 64.3 Å². The molecule has 0 unspecified atom stereocenters. The molecule has 0 N–H and O–H groups in total. The summed E-state index contributed by atoms with van der Waals surface area (Å²) in [5.74, 6) is 0.963. The van der Waals surface area contributed by atoms with Gasteiger partial charge in [-0.25, -0.2) is 4.98 Å². The van der Waals surface area contributed by atoms with Crippen LogP contribution < -0.4 is 4.90 Å². The molecule has 1 aromatic heterocycles. The number of thiazole rings is 1. The molecule has 4 heteroatoms. The topological polar surface area (TPSA) is 19.4 Å². The van der Waals surface area contributed by atoms with Crippen LogP contribution in [0.4, 0.5) is 5.13 Å². The molecule has 22 heavy (non-hydrogen) atoms. The Morgan fingerprint density at radius 1 is 0.955 bits per heavy atom. The molecule has 3 heterocycles. The molecule has 1 aliphatic carbocycles. The first-order chi connectivity index (χ1) is 10.9. The van der Waals surface area contributed by atoms with Crippen LogP contribution in [0.15, 0.2) is 0 Å². The predicted molar refractivity (Wildman–Crippen MR) is 93.7 cm³/mol. The fourth-order valence-corrected chi connectivity index (χ4v) is 5.55. The predicted octanol–water partition coefficient (Wildman–Crippen LogP) is 4.07. The minimum Gasteiger partial charge on any atom is -0.348 e. The average Bonchev–Trinajstić information content (AvgIpc) is 3.00. The Hall–Kier alpha value is -0.610. The van der Waals surface area contributed by atoms with E-state index >= 15 is 0 Å². The van der Waals surface area contributed by atoms with Gasteiger partial charge in [0.05, 0.1) is 5.69 Å². The zero-order valence-corrected chi connectivity index (χ0v) is 14.5. The molecule has 2 fully saturated rings. The third-order valence-corrected chi connectivity index (χ3v) is 6.81. The fourth-order valence-electron chi connectivity index (χ4n) is 4.35. The largest absolute Gasteiger partial charge is 0.348 e. The highest BCUT2D eigenvalue weighted by molar-refractivity contribution is 7.15.